The summed E-state index contributed by atoms with van der Waals surface area (Å²) >= 11 is 5.11. The van der Waals surface area contributed by atoms with Gasteiger partial charge < -0.3 is 5.32 Å². The average Bonchev–Trinajstić information content (AvgIpc) is 2.68. The largest absolute Gasteiger partial charge is 0.329 e. The maximum absolute atomic E-state index is 11.3. The smallest absolute Gasteiger partial charge is 0.324 e. The van der Waals surface area contributed by atoms with Crippen molar-refractivity contribution in [1.82, 2.24) is 10.2 Å². The van der Waals surface area contributed by atoms with Gasteiger partial charge in [-0.3, -0.25) is 9.69 Å². The molecule has 0 unspecified atom stereocenters. The lowest BCUT2D eigenvalue weighted by atomic mass is 10.4. The molecule has 1 aliphatic rings. The maximum atomic E-state index is 11.3. The fourth-order valence-electron chi connectivity index (χ4n) is 1.63. The number of hydrogen-bond donors (Lipinski definition) is 1. The summed E-state index contributed by atoms with van der Waals surface area (Å²) in [7, 11) is 0. The minimum atomic E-state index is -0.270. The summed E-state index contributed by atoms with van der Waals surface area (Å²) in [6, 6.07) is 7.82. The molecule has 0 radical (unpaired) electrons. The second-order valence-electron chi connectivity index (χ2n) is 3.86. The Labute approximate surface area is 118 Å². The van der Waals surface area contributed by atoms with E-state index in [4.69, 9.17) is 0 Å². The molecule has 0 saturated carbocycles. The zero-order valence-electron chi connectivity index (χ0n) is 9.69. The molecule has 1 saturated heterocycles. The van der Waals surface area contributed by atoms with Gasteiger partial charge in [-0.1, -0.05) is 15.9 Å². The second kappa shape index (κ2) is 6.24. The molecule has 1 N–H and O–H groups in total. The number of carbonyl (C=O) groups is 2. The average molecular weight is 329 g/mol. The van der Waals surface area contributed by atoms with Crippen molar-refractivity contribution in [2.45, 2.75) is 11.3 Å². The number of thioether (sulfide) groups is 1. The van der Waals surface area contributed by atoms with Crippen LogP contribution in [0, 0.1) is 0 Å². The van der Waals surface area contributed by atoms with Crippen molar-refractivity contribution in [3.8, 4) is 0 Å². The number of nitrogens with one attached hydrogen (secondary N) is 1. The molecule has 4 nitrogen and oxygen atoms in total. The van der Waals surface area contributed by atoms with Gasteiger partial charge in [0, 0.05) is 15.9 Å². The van der Waals surface area contributed by atoms with Crippen molar-refractivity contribution < 1.29 is 9.59 Å². The van der Waals surface area contributed by atoms with Crippen LogP contribution in [0.3, 0.4) is 0 Å². The molecule has 0 bridgehead atoms. The Morgan fingerprint density at radius 2 is 2.00 bits per heavy atom. The number of nitrogens with zero attached hydrogens (tertiary/aromatic N) is 1. The third kappa shape index (κ3) is 3.49. The molecule has 1 fully saturated rings. The summed E-state index contributed by atoms with van der Waals surface area (Å²) in [6.45, 7) is 0.632. The van der Waals surface area contributed by atoms with Crippen molar-refractivity contribution in [1.29, 1.82) is 0 Å². The van der Waals surface area contributed by atoms with E-state index in [-0.39, 0.29) is 18.5 Å². The number of hydrogen-bond acceptors (Lipinski definition) is 3. The van der Waals surface area contributed by atoms with Gasteiger partial charge in [0.25, 0.3) is 0 Å². The number of benzene rings is 1. The van der Waals surface area contributed by atoms with Crippen molar-refractivity contribution in [3.05, 3.63) is 28.7 Å². The Bertz CT molecular complexity index is 434. The zero-order chi connectivity index (χ0) is 13.0. The first-order valence-corrected chi connectivity index (χ1v) is 7.41. The number of urea groups is 1. The van der Waals surface area contributed by atoms with Crippen LogP contribution in [0.5, 0.6) is 0 Å². The van der Waals surface area contributed by atoms with Crippen LogP contribution in [-0.2, 0) is 4.79 Å². The minimum Gasteiger partial charge on any atom is -0.329 e. The van der Waals surface area contributed by atoms with Crippen molar-refractivity contribution in [3.63, 3.8) is 0 Å². The minimum absolute atomic E-state index is 0.131. The van der Waals surface area contributed by atoms with Crippen molar-refractivity contribution in [2.75, 3.05) is 18.8 Å². The highest BCUT2D eigenvalue weighted by Gasteiger charge is 2.27. The van der Waals surface area contributed by atoms with E-state index in [0.29, 0.717) is 6.54 Å². The molecular weight excluding hydrogens is 316 g/mol. The number of rotatable bonds is 5. The van der Waals surface area contributed by atoms with Crippen LogP contribution < -0.4 is 5.32 Å². The lowest BCUT2D eigenvalue weighted by molar-refractivity contribution is -0.124. The Balaban J connectivity index is 1.71. The highest BCUT2D eigenvalue weighted by Crippen LogP contribution is 2.21. The molecule has 2 rings (SSSR count). The summed E-state index contributed by atoms with van der Waals surface area (Å²) < 4.78 is 1.06. The Kier molecular flexibility index (Phi) is 4.66. The summed E-state index contributed by atoms with van der Waals surface area (Å²) in [4.78, 5) is 25.1. The summed E-state index contributed by atoms with van der Waals surface area (Å²) in [5.41, 5.74) is 0. The van der Waals surface area contributed by atoms with Gasteiger partial charge in [0.1, 0.15) is 0 Å². The first kappa shape index (κ1) is 13.4. The number of carbonyl (C=O) groups excluding carboxylic acids is 2. The molecule has 6 heteroatoms. The summed E-state index contributed by atoms with van der Waals surface area (Å²) in [5, 5.41) is 2.51. The van der Waals surface area contributed by atoms with Crippen molar-refractivity contribution >= 4 is 39.6 Å². The van der Waals surface area contributed by atoms with E-state index in [2.05, 4.69) is 21.2 Å². The van der Waals surface area contributed by atoms with Crippen LogP contribution in [0.15, 0.2) is 33.6 Å². The van der Waals surface area contributed by atoms with Crippen LogP contribution in [0.2, 0.25) is 0 Å². The molecule has 1 aliphatic heterocycles. The molecule has 1 aromatic rings. The maximum Gasteiger partial charge on any atom is 0.324 e. The van der Waals surface area contributed by atoms with Crippen LogP contribution in [-0.4, -0.2) is 35.7 Å². The molecule has 0 aliphatic carbocycles. The normalized spacial score (nSPS) is 15.1. The van der Waals surface area contributed by atoms with E-state index in [1.54, 1.807) is 11.8 Å². The second-order valence-corrected chi connectivity index (χ2v) is 5.94. The van der Waals surface area contributed by atoms with Crippen LogP contribution in [0.1, 0.15) is 6.42 Å². The van der Waals surface area contributed by atoms with Crippen LogP contribution in [0.25, 0.3) is 0 Å². The van der Waals surface area contributed by atoms with E-state index in [0.717, 1.165) is 16.6 Å². The predicted octanol–water partition coefficient (Wildman–Crippen LogP) is 2.48. The third-order valence-corrected chi connectivity index (χ3v) is 4.17. The van der Waals surface area contributed by atoms with Crippen molar-refractivity contribution in [2.24, 2.45) is 0 Å². The molecule has 1 aromatic carbocycles. The van der Waals surface area contributed by atoms with Crippen LogP contribution >= 0.6 is 27.7 Å². The van der Waals surface area contributed by atoms with Gasteiger partial charge >= 0.3 is 6.03 Å². The quantitative estimate of drug-likeness (QED) is 0.513. The third-order valence-electron chi connectivity index (χ3n) is 2.55. The highest BCUT2D eigenvalue weighted by molar-refractivity contribution is 9.10. The van der Waals surface area contributed by atoms with Gasteiger partial charge in [0.15, 0.2) is 0 Å². The van der Waals surface area contributed by atoms with E-state index < -0.39 is 0 Å². The van der Waals surface area contributed by atoms with Crippen LogP contribution in [0.4, 0.5) is 4.79 Å². The SMILES string of the molecule is O=C1CNC(=O)N1CCCSc1ccc(Br)cc1. The van der Waals surface area contributed by atoms with Gasteiger partial charge in [-0.25, -0.2) is 4.79 Å². The molecule has 1 heterocycles. The molecule has 0 atom stereocenters. The monoisotopic (exact) mass is 328 g/mol. The van der Waals surface area contributed by atoms with Gasteiger partial charge in [-0.2, -0.15) is 0 Å². The van der Waals surface area contributed by atoms with Gasteiger partial charge in [0.05, 0.1) is 6.54 Å². The molecule has 18 heavy (non-hydrogen) atoms. The first-order chi connectivity index (χ1) is 8.66. The highest BCUT2D eigenvalue weighted by atomic mass is 79.9. The Morgan fingerprint density at radius 1 is 1.28 bits per heavy atom. The van der Waals surface area contributed by atoms with Gasteiger partial charge in [-0.15, -0.1) is 11.8 Å². The zero-order valence-corrected chi connectivity index (χ0v) is 12.1. The van der Waals surface area contributed by atoms with E-state index in [9.17, 15) is 9.59 Å². The summed E-state index contributed by atoms with van der Waals surface area (Å²) in [5.74, 6) is 0.757. The lowest BCUT2D eigenvalue weighted by Crippen LogP contribution is -2.32. The predicted molar refractivity (Wildman–Crippen MR) is 74.6 cm³/mol. The number of imide groups is 1. The van der Waals surface area contributed by atoms with Gasteiger partial charge in [-0.05, 0) is 36.4 Å². The molecule has 0 spiro atoms. The van der Waals surface area contributed by atoms with E-state index in [1.165, 1.54) is 9.80 Å². The summed E-state index contributed by atoms with van der Waals surface area (Å²) in [6.07, 6.45) is 0.805. The molecular formula is C12H13BrN2O2S. The fourth-order valence-corrected chi connectivity index (χ4v) is 2.73. The number of amides is 3. The lowest BCUT2D eigenvalue weighted by Gasteiger charge is -2.11. The molecule has 3 amide bonds. The Hall–Kier alpha value is -1.01. The molecule has 96 valence electrons. The molecule has 0 aromatic heterocycles. The fraction of sp³-hybridized carbons (Fsp3) is 0.333. The topological polar surface area (TPSA) is 49.4 Å². The van der Waals surface area contributed by atoms with E-state index >= 15 is 0 Å². The Morgan fingerprint density at radius 3 is 2.61 bits per heavy atom. The first-order valence-electron chi connectivity index (χ1n) is 5.63. The standard InChI is InChI=1S/C12H13BrN2O2S/c13-9-2-4-10(5-3-9)18-7-1-6-15-11(16)8-14-12(15)17/h2-5H,1,6-8H2,(H,14,17). The van der Waals surface area contributed by atoms with E-state index in [1.807, 2.05) is 24.3 Å². The number of halogens is 1. The van der Waals surface area contributed by atoms with Gasteiger partial charge in [0.2, 0.25) is 5.91 Å².